The van der Waals surface area contributed by atoms with Gasteiger partial charge in [0.1, 0.15) is 10.6 Å². The predicted molar refractivity (Wildman–Crippen MR) is 80.4 cm³/mol. The van der Waals surface area contributed by atoms with Gasteiger partial charge in [0.25, 0.3) is 0 Å². The van der Waals surface area contributed by atoms with E-state index in [1.54, 1.807) is 7.11 Å². The number of hydrogen-bond donors (Lipinski definition) is 2. The topological polar surface area (TPSA) is 99.7 Å². The third-order valence-corrected chi connectivity index (χ3v) is 6.12. The van der Waals surface area contributed by atoms with Gasteiger partial charge in [-0.25, -0.2) is 13.2 Å². The second kappa shape index (κ2) is 6.39. The van der Waals surface area contributed by atoms with Gasteiger partial charge in [-0.3, -0.25) is 0 Å². The molecule has 1 saturated heterocycles. The zero-order chi connectivity index (χ0) is 16.4. The maximum Gasteiger partial charge on any atom is 0.352 e. The summed E-state index contributed by atoms with van der Waals surface area (Å²) < 4.78 is 32.6. The Kier molecular flexibility index (Phi) is 4.93. The van der Waals surface area contributed by atoms with Gasteiger partial charge in [-0.2, -0.15) is 4.31 Å². The van der Waals surface area contributed by atoms with Crippen molar-refractivity contribution in [3.8, 4) is 0 Å². The first kappa shape index (κ1) is 17.0. The van der Waals surface area contributed by atoms with Gasteiger partial charge < -0.3 is 14.8 Å². The third-order valence-electron chi connectivity index (χ3n) is 4.14. The fourth-order valence-corrected chi connectivity index (χ4v) is 5.11. The van der Waals surface area contributed by atoms with Gasteiger partial charge in [0.05, 0.1) is 12.1 Å². The summed E-state index contributed by atoms with van der Waals surface area (Å²) in [5.74, 6) is -1.18. The van der Waals surface area contributed by atoms with Crippen molar-refractivity contribution in [2.75, 3.05) is 20.3 Å². The number of hydrogen-bond acceptors (Lipinski definition) is 4. The smallest absolute Gasteiger partial charge is 0.352 e. The molecule has 2 heterocycles. The molecule has 7 nitrogen and oxygen atoms in total. The number of aromatic nitrogens is 1. The lowest BCUT2D eigenvalue weighted by Crippen LogP contribution is -2.50. The van der Waals surface area contributed by atoms with Crippen molar-refractivity contribution in [1.29, 1.82) is 0 Å². The molecule has 1 aliphatic heterocycles. The molecule has 0 radical (unpaired) electrons. The number of carbonyl (C=O) groups is 1. The van der Waals surface area contributed by atoms with Gasteiger partial charge in [-0.15, -0.1) is 0 Å². The molecule has 124 valence electrons. The van der Waals surface area contributed by atoms with Crippen molar-refractivity contribution in [1.82, 2.24) is 9.29 Å². The van der Waals surface area contributed by atoms with Gasteiger partial charge in [0, 0.05) is 19.9 Å². The molecule has 0 aromatic carbocycles. The predicted octanol–water partition coefficient (Wildman–Crippen LogP) is 1.68. The fraction of sp³-hybridized carbons (Fsp3) is 0.643. The second-order valence-electron chi connectivity index (χ2n) is 5.64. The average molecular weight is 330 g/mol. The van der Waals surface area contributed by atoms with Crippen LogP contribution < -0.4 is 0 Å². The number of sulfonamides is 1. The van der Waals surface area contributed by atoms with Crippen LogP contribution in [0.5, 0.6) is 0 Å². The minimum atomic E-state index is -3.74. The van der Waals surface area contributed by atoms with Crippen LogP contribution in [0.25, 0.3) is 0 Å². The number of methoxy groups -OCH3 is 1. The summed E-state index contributed by atoms with van der Waals surface area (Å²) in [5, 5.41) is 8.94. The van der Waals surface area contributed by atoms with Crippen LogP contribution in [-0.4, -0.2) is 54.6 Å². The number of ether oxygens (including phenoxy) is 1. The van der Waals surface area contributed by atoms with Crippen molar-refractivity contribution in [2.24, 2.45) is 0 Å². The molecule has 0 amide bonds. The highest BCUT2D eigenvalue weighted by Crippen LogP contribution is 2.38. The van der Waals surface area contributed by atoms with Crippen LogP contribution in [0, 0.1) is 0 Å². The SMILES string of the molecule is CCCC1(COC)CCCN1S(=O)(=O)c1c[nH]c(C(=O)O)c1. The Labute approximate surface area is 130 Å². The van der Waals surface area contributed by atoms with E-state index in [-0.39, 0.29) is 10.6 Å². The molecule has 1 fully saturated rings. The van der Waals surface area contributed by atoms with Crippen LogP contribution in [-0.2, 0) is 14.8 Å². The Morgan fingerprint density at radius 2 is 2.27 bits per heavy atom. The van der Waals surface area contributed by atoms with Gasteiger partial charge in [0.2, 0.25) is 10.0 Å². The Morgan fingerprint density at radius 1 is 1.55 bits per heavy atom. The maximum atomic E-state index is 12.9. The highest BCUT2D eigenvalue weighted by Gasteiger charge is 2.47. The van der Waals surface area contributed by atoms with Gasteiger partial charge in [0.15, 0.2) is 0 Å². The van der Waals surface area contributed by atoms with Crippen LogP contribution in [0.3, 0.4) is 0 Å². The number of H-pyrrole nitrogens is 1. The molecular weight excluding hydrogens is 308 g/mol. The van der Waals surface area contributed by atoms with Crippen LogP contribution in [0.15, 0.2) is 17.2 Å². The van der Waals surface area contributed by atoms with E-state index < -0.39 is 21.5 Å². The van der Waals surface area contributed by atoms with Crippen molar-refractivity contribution < 1.29 is 23.1 Å². The van der Waals surface area contributed by atoms with Crippen LogP contribution in [0.2, 0.25) is 0 Å². The zero-order valence-electron chi connectivity index (χ0n) is 12.8. The molecule has 0 spiro atoms. The lowest BCUT2D eigenvalue weighted by atomic mass is 9.93. The van der Waals surface area contributed by atoms with E-state index in [2.05, 4.69) is 4.98 Å². The summed E-state index contributed by atoms with van der Waals surface area (Å²) >= 11 is 0. The minimum absolute atomic E-state index is 0.0108. The minimum Gasteiger partial charge on any atom is -0.477 e. The number of nitrogens with one attached hydrogen (secondary N) is 1. The molecule has 0 saturated carbocycles. The largest absolute Gasteiger partial charge is 0.477 e. The summed E-state index contributed by atoms with van der Waals surface area (Å²) in [5.41, 5.74) is -0.672. The fourth-order valence-electron chi connectivity index (χ4n) is 3.26. The number of rotatable bonds is 7. The summed E-state index contributed by atoms with van der Waals surface area (Å²) in [6, 6.07) is 1.17. The van der Waals surface area contributed by atoms with Crippen molar-refractivity contribution in [3.05, 3.63) is 18.0 Å². The molecule has 1 aromatic heterocycles. The molecule has 2 N–H and O–H groups in total. The summed E-state index contributed by atoms with van der Waals surface area (Å²) in [6.45, 7) is 2.79. The quantitative estimate of drug-likeness (QED) is 0.792. The molecule has 1 unspecified atom stereocenters. The van der Waals surface area contributed by atoms with Crippen molar-refractivity contribution >= 4 is 16.0 Å². The molecule has 1 aliphatic rings. The number of carboxylic acids is 1. The molecule has 0 bridgehead atoms. The molecule has 22 heavy (non-hydrogen) atoms. The monoisotopic (exact) mass is 330 g/mol. The number of aromatic carboxylic acids is 1. The van der Waals surface area contributed by atoms with Crippen molar-refractivity contribution in [2.45, 2.75) is 43.0 Å². The lowest BCUT2D eigenvalue weighted by Gasteiger charge is -2.36. The average Bonchev–Trinajstić information content (AvgIpc) is 3.07. The summed E-state index contributed by atoms with van der Waals surface area (Å²) in [7, 11) is -2.18. The van der Waals surface area contributed by atoms with Crippen LogP contribution >= 0.6 is 0 Å². The van der Waals surface area contributed by atoms with E-state index in [1.165, 1.54) is 16.6 Å². The molecule has 2 rings (SSSR count). The number of aromatic amines is 1. The van der Waals surface area contributed by atoms with E-state index in [0.717, 1.165) is 25.7 Å². The highest BCUT2D eigenvalue weighted by atomic mass is 32.2. The summed E-state index contributed by atoms with van der Waals surface area (Å²) in [4.78, 5) is 13.4. The molecule has 0 aliphatic carbocycles. The van der Waals surface area contributed by atoms with Gasteiger partial charge >= 0.3 is 5.97 Å². The standard InChI is InChI=1S/C14H22N2O5S/c1-3-5-14(10-21-2)6-4-7-16(14)22(19,20)11-8-12(13(17)18)15-9-11/h8-9,15H,3-7,10H2,1-2H3,(H,17,18). The Balaban J connectivity index is 2.39. The third kappa shape index (κ3) is 2.90. The van der Waals surface area contributed by atoms with Gasteiger partial charge in [-0.05, 0) is 25.3 Å². The molecule has 8 heteroatoms. The molecular formula is C14H22N2O5S. The number of nitrogens with zero attached hydrogens (tertiary/aromatic N) is 1. The van der Waals surface area contributed by atoms with Gasteiger partial charge in [-0.1, -0.05) is 13.3 Å². The number of carboxylic acid groups (broad SMARTS) is 1. The van der Waals surface area contributed by atoms with E-state index >= 15 is 0 Å². The summed E-state index contributed by atoms with van der Waals surface area (Å²) in [6.07, 6.45) is 4.34. The van der Waals surface area contributed by atoms with E-state index in [0.29, 0.717) is 13.2 Å². The Bertz CT molecular complexity index is 631. The van der Waals surface area contributed by atoms with Crippen LogP contribution in [0.1, 0.15) is 43.1 Å². The Hall–Kier alpha value is -1.38. The second-order valence-corrected chi connectivity index (χ2v) is 7.50. The van der Waals surface area contributed by atoms with Crippen LogP contribution in [0.4, 0.5) is 0 Å². The maximum absolute atomic E-state index is 12.9. The van der Waals surface area contributed by atoms with Crippen molar-refractivity contribution in [3.63, 3.8) is 0 Å². The zero-order valence-corrected chi connectivity index (χ0v) is 13.6. The Morgan fingerprint density at radius 3 is 2.82 bits per heavy atom. The molecule has 1 aromatic rings. The highest BCUT2D eigenvalue weighted by molar-refractivity contribution is 7.89. The first-order chi connectivity index (χ1) is 10.4. The first-order valence-electron chi connectivity index (χ1n) is 7.31. The van der Waals surface area contributed by atoms with E-state index in [9.17, 15) is 13.2 Å². The lowest BCUT2D eigenvalue weighted by molar-refractivity contribution is 0.0691. The van der Waals surface area contributed by atoms with E-state index in [1.807, 2.05) is 6.92 Å². The normalized spacial score (nSPS) is 23.0. The van der Waals surface area contributed by atoms with E-state index in [4.69, 9.17) is 9.84 Å². The first-order valence-corrected chi connectivity index (χ1v) is 8.75. The molecule has 1 atom stereocenters.